The topological polar surface area (TPSA) is 60.9 Å². The van der Waals surface area contributed by atoms with Crippen LogP contribution in [0.3, 0.4) is 0 Å². The number of amides is 1. The normalized spacial score (nSPS) is 23.0. The summed E-state index contributed by atoms with van der Waals surface area (Å²) in [5, 5.41) is 10.1. The molecule has 1 aromatic rings. The molecule has 1 aromatic carbocycles. The van der Waals surface area contributed by atoms with Gasteiger partial charge < -0.3 is 10.0 Å². The van der Waals surface area contributed by atoms with E-state index in [4.69, 9.17) is 11.6 Å². The SMILES string of the molecule is Cc1cc(CN2CCC(N3C(=O)CC[C@H]3C(=O)O)CC2)ccc1Cl. The Balaban J connectivity index is 1.58. The van der Waals surface area contributed by atoms with Gasteiger partial charge in [-0.15, -0.1) is 0 Å². The van der Waals surface area contributed by atoms with Crippen molar-refractivity contribution in [3.63, 3.8) is 0 Å². The fraction of sp³-hybridized carbons (Fsp3) is 0.556. The van der Waals surface area contributed by atoms with Gasteiger partial charge in [0, 0.05) is 37.1 Å². The van der Waals surface area contributed by atoms with Gasteiger partial charge in [0.15, 0.2) is 0 Å². The Morgan fingerprint density at radius 1 is 1.29 bits per heavy atom. The van der Waals surface area contributed by atoms with E-state index in [1.54, 1.807) is 4.90 Å². The molecule has 2 heterocycles. The van der Waals surface area contributed by atoms with Crippen LogP contribution in [0.25, 0.3) is 0 Å². The highest BCUT2D eigenvalue weighted by Crippen LogP contribution is 2.28. The van der Waals surface area contributed by atoms with Crippen LogP contribution in [0.15, 0.2) is 18.2 Å². The molecule has 0 radical (unpaired) electrons. The minimum atomic E-state index is -0.875. The molecule has 24 heavy (non-hydrogen) atoms. The molecular formula is C18H23ClN2O3. The van der Waals surface area contributed by atoms with E-state index in [0.29, 0.717) is 12.8 Å². The van der Waals surface area contributed by atoms with Crippen LogP contribution in [0, 0.1) is 6.92 Å². The number of carbonyl (C=O) groups is 2. The van der Waals surface area contributed by atoms with Crippen LogP contribution in [-0.2, 0) is 16.1 Å². The summed E-state index contributed by atoms with van der Waals surface area (Å²) in [6.45, 7) is 4.62. The molecule has 2 fully saturated rings. The Labute approximate surface area is 147 Å². The van der Waals surface area contributed by atoms with Gasteiger partial charge in [0.2, 0.25) is 5.91 Å². The van der Waals surface area contributed by atoms with Crippen molar-refractivity contribution in [3.05, 3.63) is 34.3 Å². The number of likely N-dealkylation sites (tertiary alicyclic amines) is 2. The number of benzene rings is 1. The summed E-state index contributed by atoms with van der Waals surface area (Å²) in [7, 11) is 0. The Kier molecular flexibility index (Phi) is 5.11. The first-order valence-corrected chi connectivity index (χ1v) is 8.85. The molecular weight excluding hydrogens is 328 g/mol. The Hall–Kier alpha value is -1.59. The van der Waals surface area contributed by atoms with Crippen LogP contribution in [-0.4, -0.2) is 52.0 Å². The average molecular weight is 351 g/mol. The molecule has 2 aliphatic heterocycles. The van der Waals surface area contributed by atoms with Gasteiger partial charge in [-0.05, 0) is 43.4 Å². The molecule has 1 N–H and O–H groups in total. The Morgan fingerprint density at radius 2 is 2.00 bits per heavy atom. The third-order valence-corrected chi connectivity index (χ3v) is 5.54. The number of carboxylic acids is 1. The molecule has 0 aromatic heterocycles. The summed E-state index contributed by atoms with van der Waals surface area (Å²) in [5.74, 6) is -0.880. The molecule has 1 atom stereocenters. The predicted octanol–water partition coefficient (Wildman–Crippen LogP) is 2.69. The number of carboxylic acid groups (broad SMARTS) is 1. The largest absolute Gasteiger partial charge is 0.480 e. The maximum absolute atomic E-state index is 12.1. The van der Waals surface area contributed by atoms with E-state index in [9.17, 15) is 14.7 Å². The van der Waals surface area contributed by atoms with Crippen molar-refractivity contribution < 1.29 is 14.7 Å². The first kappa shape index (κ1) is 17.2. The zero-order chi connectivity index (χ0) is 17.3. The molecule has 0 saturated carbocycles. The molecule has 6 heteroatoms. The van der Waals surface area contributed by atoms with E-state index in [2.05, 4.69) is 11.0 Å². The second-order valence-electron chi connectivity index (χ2n) is 6.78. The van der Waals surface area contributed by atoms with Crippen molar-refractivity contribution in [1.29, 1.82) is 0 Å². The maximum Gasteiger partial charge on any atom is 0.326 e. The summed E-state index contributed by atoms with van der Waals surface area (Å²) in [6.07, 6.45) is 2.48. The van der Waals surface area contributed by atoms with E-state index >= 15 is 0 Å². The molecule has 0 unspecified atom stereocenters. The first-order valence-electron chi connectivity index (χ1n) is 8.47. The number of hydrogen-bond donors (Lipinski definition) is 1. The zero-order valence-electron chi connectivity index (χ0n) is 13.9. The van der Waals surface area contributed by atoms with Gasteiger partial charge in [-0.3, -0.25) is 9.69 Å². The quantitative estimate of drug-likeness (QED) is 0.907. The van der Waals surface area contributed by atoms with Gasteiger partial charge in [0.1, 0.15) is 6.04 Å². The van der Waals surface area contributed by atoms with Crippen molar-refractivity contribution in [1.82, 2.24) is 9.80 Å². The van der Waals surface area contributed by atoms with Gasteiger partial charge in [-0.1, -0.05) is 23.7 Å². The van der Waals surface area contributed by atoms with Crippen LogP contribution < -0.4 is 0 Å². The lowest BCUT2D eigenvalue weighted by Crippen LogP contribution is -2.50. The van der Waals surface area contributed by atoms with Crippen LogP contribution in [0.1, 0.15) is 36.8 Å². The molecule has 2 saturated heterocycles. The highest BCUT2D eigenvalue weighted by Gasteiger charge is 2.41. The fourth-order valence-electron chi connectivity index (χ4n) is 3.82. The van der Waals surface area contributed by atoms with E-state index < -0.39 is 12.0 Å². The molecule has 0 aliphatic carbocycles. The highest BCUT2D eigenvalue weighted by atomic mass is 35.5. The smallest absolute Gasteiger partial charge is 0.326 e. The number of piperidine rings is 1. The summed E-state index contributed by atoms with van der Waals surface area (Å²) in [5.41, 5.74) is 2.31. The minimum absolute atomic E-state index is 0.00539. The Bertz CT molecular complexity index is 641. The van der Waals surface area contributed by atoms with Crippen LogP contribution in [0.4, 0.5) is 0 Å². The lowest BCUT2D eigenvalue weighted by Gasteiger charge is -2.38. The van der Waals surface area contributed by atoms with Crippen LogP contribution >= 0.6 is 11.6 Å². The molecule has 130 valence electrons. The summed E-state index contributed by atoms with van der Waals surface area (Å²) in [4.78, 5) is 27.4. The van der Waals surface area contributed by atoms with Gasteiger partial charge in [-0.25, -0.2) is 4.79 Å². The maximum atomic E-state index is 12.1. The number of nitrogens with zero attached hydrogens (tertiary/aromatic N) is 2. The molecule has 5 nitrogen and oxygen atoms in total. The summed E-state index contributed by atoms with van der Waals surface area (Å²) >= 11 is 6.07. The molecule has 2 aliphatic rings. The lowest BCUT2D eigenvalue weighted by atomic mass is 10.0. The van der Waals surface area contributed by atoms with Gasteiger partial charge in [0.25, 0.3) is 0 Å². The van der Waals surface area contributed by atoms with Crippen LogP contribution in [0.5, 0.6) is 0 Å². The fourth-order valence-corrected chi connectivity index (χ4v) is 3.94. The predicted molar refractivity (Wildman–Crippen MR) is 92.0 cm³/mol. The van der Waals surface area contributed by atoms with Crippen molar-refractivity contribution in [2.24, 2.45) is 0 Å². The number of aryl methyl sites for hydroxylation is 1. The third kappa shape index (κ3) is 3.57. The third-order valence-electron chi connectivity index (χ3n) is 5.12. The lowest BCUT2D eigenvalue weighted by molar-refractivity contribution is -0.148. The molecule has 0 spiro atoms. The number of aliphatic carboxylic acids is 1. The molecule has 0 bridgehead atoms. The molecule has 3 rings (SSSR count). The van der Waals surface area contributed by atoms with Crippen molar-refractivity contribution in [3.8, 4) is 0 Å². The zero-order valence-corrected chi connectivity index (χ0v) is 14.6. The van der Waals surface area contributed by atoms with E-state index in [0.717, 1.165) is 43.1 Å². The van der Waals surface area contributed by atoms with Gasteiger partial charge >= 0.3 is 5.97 Å². The average Bonchev–Trinajstić information content (AvgIpc) is 2.94. The number of halogens is 1. The summed E-state index contributed by atoms with van der Waals surface area (Å²) < 4.78 is 0. The number of hydrogen-bond acceptors (Lipinski definition) is 3. The summed E-state index contributed by atoms with van der Waals surface area (Å²) in [6, 6.07) is 5.52. The van der Waals surface area contributed by atoms with Gasteiger partial charge in [0.05, 0.1) is 0 Å². The highest BCUT2D eigenvalue weighted by molar-refractivity contribution is 6.31. The van der Waals surface area contributed by atoms with Crippen molar-refractivity contribution in [2.75, 3.05) is 13.1 Å². The minimum Gasteiger partial charge on any atom is -0.480 e. The monoisotopic (exact) mass is 350 g/mol. The number of rotatable bonds is 4. The van der Waals surface area contributed by atoms with E-state index in [1.165, 1.54) is 5.56 Å². The second kappa shape index (κ2) is 7.11. The van der Waals surface area contributed by atoms with Crippen LogP contribution in [0.2, 0.25) is 5.02 Å². The van der Waals surface area contributed by atoms with Crippen molar-refractivity contribution >= 4 is 23.5 Å². The standard InChI is InChI=1S/C18H23ClN2O3/c1-12-10-13(2-3-15(12)19)11-20-8-6-14(7-9-20)21-16(18(23)24)4-5-17(21)22/h2-3,10,14,16H,4-9,11H2,1H3,(H,23,24)/t16-/m0/s1. The second-order valence-corrected chi connectivity index (χ2v) is 7.19. The Morgan fingerprint density at radius 3 is 2.62 bits per heavy atom. The molecule has 1 amide bonds. The van der Waals surface area contributed by atoms with Crippen molar-refractivity contribution in [2.45, 2.75) is 51.2 Å². The number of carbonyl (C=O) groups excluding carboxylic acids is 1. The van der Waals surface area contributed by atoms with Gasteiger partial charge in [-0.2, -0.15) is 0 Å². The van der Waals surface area contributed by atoms with E-state index in [1.807, 2.05) is 19.1 Å². The van der Waals surface area contributed by atoms with E-state index in [-0.39, 0.29) is 11.9 Å². The first-order chi connectivity index (χ1) is 11.5.